The van der Waals surface area contributed by atoms with Crippen LogP contribution in [0.15, 0.2) is 30.3 Å². The quantitative estimate of drug-likeness (QED) is 0.851. The van der Waals surface area contributed by atoms with E-state index < -0.39 is 17.5 Å². The first kappa shape index (κ1) is 16.0. The van der Waals surface area contributed by atoms with Gasteiger partial charge in [-0.05, 0) is 43.2 Å². The van der Waals surface area contributed by atoms with Crippen LogP contribution in [-0.4, -0.2) is 22.6 Å². The van der Waals surface area contributed by atoms with Crippen LogP contribution >= 0.6 is 0 Å². The third-order valence-corrected chi connectivity index (χ3v) is 3.18. The molecule has 116 valence electrons. The van der Waals surface area contributed by atoms with E-state index in [1.54, 1.807) is 45.0 Å². The summed E-state index contributed by atoms with van der Waals surface area (Å²) < 4.78 is 5.40. The van der Waals surface area contributed by atoms with Gasteiger partial charge in [0.1, 0.15) is 5.60 Å². The molecule has 0 amide bonds. The van der Waals surface area contributed by atoms with Crippen LogP contribution in [0.3, 0.4) is 0 Å². The van der Waals surface area contributed by atoms with E-state index in [-0.39, 0.29) is 12.1 Å². The summed E-state index contributed by atoms with van der Waals surface area (Å²) in [5.41, 5.74) is 5.90. The lowest BCUT2D eigenvalue weighted by molar-refractivity contribution is 0.00713. The fourth-order valence-electron chi connectivity index (χ4n) is 2.35. The van der Waals surface area contributed by atoms with Crippen LogP contribution < -0.4 is 5.73 Å². The lowest BCUT2D eigenvalue weighted by Crippen LogP contribution is -2.24. The zero-order valence-corrected chi connectivity index (χ0v) is 12.8. The van der Waals surface area contributed by atoms with Crippen molar-refractivity contribution >= 4 is 22.7 Å². The number of carbonyl (C=O) groups is 2. The predicted octanol–water partition coefficient (Wildman–Crippen LogP) is 2.95. The third-order valence-electron chi connectivity index (χ3n) is 3.18. The van der Waals surface area contributed by atoms with Crippen molar-refractivity contribution in [1.82, 2.24) is 0 Å². The third kappa shape index (κ3) is 3.09. The molecule has 0 radical (unpaired) electrons. The van der Waals surface area contributed by atoms with Crippen molar-refractivity contribution in [2.24, 2.45) is 5.73 Å². The molecule has 0 aliphatic rings. The maximum absolute atomic E-state index is 12.4. The number of hydrogen-bond donors (Lipinski definition) is 2. The van der Waals surface area contributed by atoms with E-state index in [1.165, 1.54) is 6.07 Å². The molecule has 0 saturated heterocycles. The van der Waals surface area contributed by atoms with Crippen molar-refractivity contribution < 1.29 is 19.4 Å². The molecule has 0 unspecified atom stereocenters. The van der Waals surface area contributed by atoms with Gasteiger partial charge in [-0.15, -0.1) is 0 Å². The lowest BCUT2D eigenvalue weighted by atomic mass is 9.94. The SMILES string of the molecule is CC(C)(C)OC(=O)c1cc(CN)c(C(=O)O)c2ccccc12. The highest BCUT2D eigenvalue weighted by atomic mass is 16.6. The van der Waals surface area contributed by atoms with Gasteiger partial charge in [-0.1, -0.05) is 24.3 Å². The zero-order valence-electron chi connectivity index (χ0n) is 12.8. The molecule has 0 saturated carbocycles. The molecule has 5 heteroatoms. The van der Waals surface area contributed by atoms with Crippen LogP contribution in [0.1, 0.15) is 47.1 Å². The van der Waals surface area contributed by atoms with Crippen molar-refractivity contribution in [2.45, 2.75) is 32.9 Å². The van der Waals surface area contributed by atoms with E-state index in [1.807, 2.05) is 0 Å². The minimum absolute atomic E-state index is 0.0300. The smallest absolute Gasteiger partial charge is 0.339 e. The largest absolute Gasteiger partial charge is 0.478 e. The Balaban J connectivity index is 2.73. The number of ether oxygens (including phenoxy) is 1. The number of carboxylic acid groups (broad SMARTS) is 1. The van der Waals surface area contributed by atoms with Gasteiger partial charge in [0, 0.05) is 6.54 Å². The Bertz CT molecular complexity index is 744. The molecule has 0 atom stereocenters. The molecular formula is C17H19NO4. The fourth-order valence-corrected chi connectivity index (χ4v) is 2.35. The maximum Gasteiger partial charge on any atom is 0.339 e. The predicted molar refractivity (Wildman–Crippen MR) is 84.0 cm³/mol. The van der Waals surface area contributed by atoms with Gasteiger partial charge in [-0.25, -0.2) is 9.59 Å². The first-order valence-electron chi connectivity index (χ1n) is 6.96. The molecular weight excluding hydrogens is 282 g/mol. The summed E-state index contributed by atoms with van der Waals surface area (Å²) in [6.45, 7) is 5.37. The van der Waals surface area contributed by atoms with Gasteiger partial charge in [-0.3, -0.25) is 0 Å². The van der Waals surface area contributed by atoms with Gasteiger partial charge in [-0.2, -0.15) is 0 Å². The van der Waals surface area contributed by atoms with E-state index in [9.17, 15) is 14.7 Å². The number of fused-ring (bicyclic) bond motifs is 1. The fraction of sp³-hybridized carbons (Fsp3) is 0.294. The number of aromatic carboxylic acids is 1. The van der Waals surface area contributed by atoms with Crippen LogP contribution in [-0.2, 0) is 11.3 Å². The molecule has 2 rings (SSSR count). The molecule has 3 N–H and O–H groups in total. The number of benzene rings is 2. The summed E-state index contributed by atoms with van der Waals surface area (Å²) in [5.74, 6) is -1.55. The summed E-state index contributed by atoms with van der Waals surface area (Å²) in [6.07, 6.45) is 0. The van der Waals surface area contributed by atoms with Crippen molar-refractivity contribution in [3.05, 3.63) is 47.0 Å². The van der Waals surface area contributed by atoms with Gasteiger partial charge in [0.05, 0.1) is 11.1 Å². The Labute approximate surface area is 128 Å². The Morgan fingerprint density at radius 3 is 2.27 bits per heavy atom. The highest BCUT2D eigenvalue weighted by Crippen LogP contribution is 2.28. The van der Waals surface area contributed by atoms with E-state index in [4.69, 9.17) is 10.5 Å². The van der Waals surface area contributed by atoms with Crippen LogP contribution in [0.2, 0.25) is 0 Å². The molecule has 2 aromatic carbocycles. The summed E-state index contributed by atoms with van der Waals surface area (Å²) in [5, 5.41) is 10.5. The number of carbonyl (C=O) groups excluding carboxylic acids is 1. The molecule has 0 aromatic heterocycles. The Kier molecular flexibility index (Phi) is 4.19. The molecule has 0 spiro atoms. The first-order chi connectivity index (χ1) is 10.2. The van der Waals surface area contributed by atoms with Crippen LogP contribution in [0.5, 0.6) is 0 Å². The highest BCUT2D eigenvalue weighted by Gasteiger charge is 2.23. The average molecular weight is 301 g/mol. The Morgan fingerprint density at radius 2 is 1.77 bits per heavy atom. The highest BCUT2D eigenvalue weighted by molar-refractivity contribution is 6.12. The first-order valence-corrected chi connectivity index (χ1v) is 6.96. The van der Waals surface area contributed by atoms with Crippen molar-refractivity contribution in [3.8, 4) is 0 Å². The second-order valence-corrected chi connectivity index (χ2v) is 6.02. The van der Waals surface area contributed by atoms with E-state index in [0.29, 0.717) is 21.9 Å². The number of esters is 1. The lowest BCUT2D eigenvalue weighted by Gasteiger charge is -2.21. The topological polar surface area (TPSA) is 89.6 Å². The second-order valence-electron chi connectivity index (χ2n) is 6.02. The normalized spacial score (nSPS) is 11.5. The van der Waals surface area contributed by atoms with Crippen LogP contribution in [0.4, 0.5) is 0 Å². The summed E-state index contributed by atoms with van der Waals surface area (Å²) in [6, 6.07) is 8.38. The maximum atomic E-state index is 12.4. The second kappa shape index (κ2) is 5.77. The van der Waals surface area contributed by atoms with Gasteiger partial charge in [0.2, 0.25) is 0 Å². The molecule has 0 aliphatic carbocycles. The van der Waals surface area contributed by atoms with Crippen molar-refractivity contribution in [3.63, 3.8) is 0 Å². The average Bonchev–Trinajstić information content (AvgIpc) is 2.43. The van der Waals surface area contributed by atoms with Crippen LogP contribution in [0, 0.1) is 0 Å². The molecule has 0 bridgehead atoms. The Hall–Kier alpha value is -2.40. The molecule has 2 aromatic rings. The van der Waals surface area contributed by atoms with Gasteiger partial charge in [0.15, 0.2) is 0 Å². The van der Waals surface area contributed by atoms with E-state index in [0.717, 1.165) is 0 Å². The van der Waals surface area contributed by atoms with Gasteiger partial charge in [0.25, 0.3) is 0 Å². The standard InChI is InChI=1S/C17H19NO4/c1-17(2,3)22-16(21)13-8-10(9-18)14(15(19)20)12-7-5-4-6-11(12)13/h4-8H,9,18H2,1-3H3,(H,19,20). The van der Waals surface area contributed by atoms with E-state index >= 15 is 0 Å². The van der Waals surface area contributed by atoms with Crippen molar-refractivity contribution in [2.75, 3.05) is 0 Å². The zero-order chi connectivity index (χ0) is 16.5. The molecule has 22 heavy (non-hydrogen) atoms. The number of carboxylic acids is 1. The molecule has 5 nitrogen and oxygen atoms in total. The minimum atomic E-state index is -1.06. The minimum Gasteiger partial charge on any atom is -0.478 e. The Morgan fingerprint density at radius 1 is 1.18 bits per heavy atom. The monoisotopic (exact) mass is 301 g/mol. The number of rotatable bonds is 3. The summed E-state index contributed by atoms with van der Waals surface area (Å²) in [7, 11) is 0. The van der Waals surface area contributed by atoms with Gasteiger partial charge >= 0.3 is 11.9 Å². The van der Waals surface area contributed by atoms with Crippen molar-refractivity contribution in [1.29, 1.82) is 0 Å². The van der Waals surface area contributed by atoms with Gasteiger partial charge < -0.3 is 15.6 Å². The summed E-state index contributed by atoms with van der Waals surface area (Å²) >= 11 is 0. The van der Waals surface area contributed by atoms with E-state index in [2.05, 4.69) is 0 Å². The molecule has 0 aliphatic heterocycles. The molecule has 0 fully saturated rings. The van der Waals surface area contributed by atoms with Crippen LogP contribution in [0.25, 0.3) is 10.8 Å². The number of nitrogens with two attached hydrogens (primary N) is 1. The number of hydrogen-bond acceptors (Lipinski definition) is 4. The summed E-state index contributed by atoms with van der Waals surface area (Å²) in [4.78, 5) is 23.9. The molecule has 0 heterocycles.